The number of amides is 1. The van der Waals surface area contributed by atoms with Crippen LogP contribution in [0, 0.1) is 6.92 Å². The molecule has 0 unspecified atom stereocenters. The summed E-state index contributed by atoms with van der Waals surface area (Å²) in [5.74, 6) is -0.134. The number of hydrogen-bond acceptors (Lipinski definition) is 3. The molecule has 3 rings (SSSR count). The number of benzene rings is 2. The lowest BCUT2D eigenvalue weighted by Gasteiger charge is -2.11. The number of aryl methyl sites for hydroxylation is 1. The van der Waals surface area contributed by atoms with E-state index in [0.717, 1.165) is 23.4 Å². The Hall–Kier alpha value is -2.85. The lowest BCUT2D eigenvalue weighted by molar-refractivity contribution is 0.0954. The fraction of sp³-hybridized carbons (Fsp3) is 0.143. The molecule has 0 aliphatic carbocycles. The van der Waals surface area contributed by atoms with Crippen LogP contribution >= 0.6 is 11.6 Å². The number of anilines is 2. The molecule has 0 saturated heterocycles. The summed E-state index contributed by atoms with van der Waals surface area (Å²) in [4.78, 5) is 16.5. The zero-order chi connectivity index (χ0) is 18.4. The van der Waals surface area contributed by atoms with E-state index in [-0.39, 0.29) is 5.91 Å². The number of nitrogens with one attached hydrogen (secondary N) is 2. The summed E-state index contributed by atoms with van der Waals surface area (Å²) >= 11 is 5.99. The number of rotatable bonds is 6. The first-order valence-corrected chi connectivity index (χ1v) is 8.80. The topological polar surface area (TPSA) is 54.0 Å². The zero-order valence-corrected chi connectivity index (χ0v) is 15.3. The molecule has 0 aliphatic rings. The molecular weight excluding hydrogens is 346 g/mol. The van der Waals surface area contributed by atoms with Crippen molar-refractivity contribution < 1.29 is 4.79 Å². The molecule has 2 aromatic carbocycles. The molecule has 0 atom stereocenters. The second kappa shape index (κ2) is 8.50. The zero-order valence-electron chi connectivity index (χ0n) is 14.5. The summed E-state index contributed by atoms with van der Waals surface area (Å²) in [6.07, 6.45) is 4.05. The summed E-state index contributed by atoms with van der Waals surface area (Å²) < 4.78 is 0. The van der Waals surface area contributed by atoms with Gasteiger partial charge in [-0.15, -0.1) is 0 Å². The van der Waals surface area contributed by atoms with Gasteiger partial charge in [0.25, 0.3) is 5.91 Å². The minimum atomic E-state index is -0.134. The lowest BCUT2D eigenvalue weighted by Crippen LogP contribution is -2.25. The van der Waals surface area contributed by atoms with Gasteiger partial charge in [0.2, 0.25) is 0 Å². The highest BCUT2D eigenvalue weighted by Crippen LogP contribution is 2.23. The average Bonchev–Trinajstić information content (AvgIpc) is 2.65. The number of aromatic nitrogens is 1. The number of halogens is 1. The maximum Gasteiger partial charge on any atom is 0.252 e. The van der Waals surface area contributed by atoms with Crippen molar-refractivity contribution in [2.75, 3.05) is 11.9 Å². The van der Waals surface area contributed by atoms with Crippen LogP contribution in [0.3, 0.4) is 0 Å². The van der Waals surface area contributed by atoms with Gasteiger partial charge in [0.05, 0.1) is 17.4 Å². The number of carbonyl (C=O) groups excluding carboxylic acids is 1. The van der Waals surface area contributed by atoms with Crippen LogP contribution in [0.1, 0.15) is 21.5 Å². The number of pyridine rings is 1. The third kappa shape index (κ3) is 4.83. The van der Waals surface area contributed by atoms with Gasteiger partial charge < -0.3 is 10.6 Å². The van der Waals surface area contributed by atoms with Crippen LogP contribution in [-0.2, 0) is 6.42 Å². The molecule has 0 bridgehead atoms. The molecule has 0 saturated carbocycles. The molecule has 5 heteroatoms. The summed E-state index contributed by atoms with van der Waals surface area (Å²) in [6, 6.07) is 17.5. The fourth-order valence-electron chi connectivity index (χ4n) is 2.62. The standard InChI is InChI=1S/C21H20ClN3O/c1-15-11-18(22)7-8-20(15)25-19-12-17(13-23-14-19)21(26)24-10-9-16-5-3-2-4-6-16/h2-8,11-14,25H,9-10H2,1H3,(H,24,26). The van der Waals surface area contributed by atoms with Gasteiger partial charge in [-0.1, -0.05) is 41.9 Å². The summed E-state index contributed by atoms with van der Waals surface area (Å²) in [5, 5.41) is 6.90. The minimum Gasteiger partial charge on any atom is -0.354 e. The van der Waals surface area contributed by atoms with E-state index >= 15 is 0 Å². The molecule has 1 heterocycles. The highest BCUT2D eigenvalue weighted by Gasteiger charge is 2.08. The van der Waals surface area contributed by atoms with E-state index < -0.39 is 0 Å². The van der Waals surface area contributed by atoms with E-state index in [9.17, 15) is 4.79 Å². The second-order valence-corrected chi connectivity index (χ2v) is 6.47. The van der Waals surface area contributed by atoms with Gasteiger partial charge in [0.1, 0.15) is 0 Å². The van der Waals surface area contributed by atoms with E-state index in [1.54, 1.807) is 18.5 Å². The van der Waals surface area contributed by atoms with Crippen molar-refractivity contribution >= 4 is 28.9 Å². The predicted molar refractivity (Wildman–Crippen MR) is 106 cm³/mol. The van der Waals surface area contributed by atoms with Crippen molar-refractivity contribution in [2.45, 2.75) is 13.3 Å². The van der Waals surface area contributed by atoms with Gasteiger partial charge >= 0.3 is 0 Å². The predicted octanol–water partition coefficient (Wildman–Crippen LogP) is 4.76. The average molecular weight is 366 g/mol. The van der Waals surface area contributed by atoms with E-state index in [4.69, 9.17) is 11.6 Å². The third-order valence-corrected chi connectivity index (χ3v) is 4.25. The largest absolute Gasteiger partial charge is 0.354 e. The molecule has 132 valence electrons. The Morgan fingerprint density at radius 2 is 1.88 bits per heavy atom. The Labute approximate surface area is 158 Å². The highest BCUT2D eigenvalue weighted by atomic mass is 35.5. The molecular formula is C21H20ClN3O. The van der Waals surface area contributed by atoms with Gasteiger partial charge in [-0.25, -0.2) is 0 Å². The number of hydrogen-bond donors (Lipinski definition) is 2. The fourth-order valence-corrected chi connectivity index (χ4v) is 2.85. The molecule has 1 aromatic heterocycles. The molecule has 0 radical (unpaired) electrons. The first-order chi connectivity index (χ1) is 12.6. The lowest BCUT2D eigenvalue weighted by atomic mass is 10.1. The molecule has 0 fully saturated rings. The van der Waals surface area contributed by atoms with Crippen LogP contribution in [0.4, 0.5) is 11.4 Å². The molecule has 2 N–H and O–H groups in total. The van der Waals surface area contributed by atoms with E-state index in [1.807, 2.05) is 55.5 Å². The van der Waals surface area contributed by atoms with E-state index in [1.165, 1.54) is 5.56 Å². The minimum absolute atomic E-state index is 0.134. The van der Waals surface area contributed by atoms with Crippen LogP contribution in [-0.4, -0.2) is 17.4 Å². The number of carbonyl (C=O) groups is 1. The highest BCUT2D eigenvalue weighted by molar-refractivity contribution is 6.30. The Morgan fingerprint density at radius 1 is 1.08 bits per heavy atom. The molecule has 26 heavy (non-hydrogen) atoms. The van der Waals surface area contributed by atoms with E-state index in [2.05, 4.69) is 15.6 Å². The SMILES string of the molecule is Cc1cc(Cl)ccc1Nc1cncc(C(=O)NCCc2ccccc2)c1. The van der Waals surface area contributed by atoms with Crippen molar-refractivity contribution in [3.8, 4) is 0 Å². The smallest absolute Gasteiger partial charge is 0.252 e. The van der Waals surface area contributed by atoms with E-state index in [0.29, 0.717) is 17.1 Å². The maximum atomic E-state index is 12.4. The van der Waals surface area contributed by atoms with Crippen LogP contribution in [0.2, 0.25) is 5.02 Å². The van der Waals surface area contributed by atoms with Crippen LogP contribution in [0.25, 0.3) is 0 Å². The second-order valence-electron chi connectivity index (χ2n) is 6.04. The van der Waals surface area contributed by atoms with Gasteiger partial charge in [-0.05, 0) is 48.7 Å². The van der Waals surface area contributed by atoms with Crippen molar-refractivity contribution in [3.05, 3.63) is 88.7 Å². The van der Waals surface area contributed by atoms with Gasteiger partial charge in [-0.2, -0.15) is 0 Å². The Balaban J connectivity index is 1.62. The van der Waals surface area contributed by atoms with Crippen molar-refractivity contribution in [1.29, 1.82) is 0 Å². The first-order valence-electron chi connectivity index (χ1n) is 8.42. The molecule has 0 aliphatic heterocycles. The van der Waals surface area contributed by atoms with Crippen LogP contribution in [0.15, 0.2) is 67.0 Å². The van der Waals surface area contributed by atoms with Crippen LogP contribution < -0.4 is 10.6 Å². The van der Waals surface area contributed by atoms with Gasteiger partial charge in [0, 0.05) is 23.5 Å². The summed E-state index contributed by atoms with van der Waals surface area (Å²) in [5.41, 5.74) is 4.42. The molecule has 0 spiro atoms. The Kier molecular flexibility index (Phi) is 5.87. The third-order valence-electron chi connectivity index (χ3n) is 4.01. The maximum absolute atomic E-state index is 12.4. The monoisotopic (exact) mass is 365 g/mol. The molecule has 3 aromatic rings. The van der Waals surface area contributed by atoms with Crippen LogP contribution in [0.5, 0.6) is 0 Å². The Morgan fingerprint density at radius 3 is 2.65 bits per heavy atom. The quantitative estimate of drug-likeness (QED) is 0.662. The summed E-state index contributed by atoms with van der Waals surface area (Å²) in [7, 11) is 0. The number of nitrogens with zero attached hydrogens (tertiary/aromatic N) is 1. The molecule has 4 nitrogen and oxygen atoms in total. The van der Waals surface area contributed by atoms with Crippen molar-refractivity contribution in [2.24, 2.45) is 0 Å². The molecule has 1 amide bonds. The Bertz CT molecular complexity index is 897. The summed E-state index contributed by atoms with van der Waals surface area (Å²) in [6.45, 7) is 2.55. The van der Waals surface area contributed by atoms with Crippen molar-refractivity contribution in [3.63, 3.8) is 0 Å². The van der Waals surface area contributed by atoms with Crippen molar-refractivity contribution in [1.82, 2.24) is 10.3 Å². The van der Waals surface area contributed by atoms with Gasteiger partial charge in [-0.3, -0.25) is 9.78 Å². The normalized spacial score (nSPS) is 10.4. The van der Waals surface area contributed by atoms with Gasteiger partial charge in [0.15, 0.2) is 0 Å². The first kappa shape index (κ1) is 18.0.